The van der Waals surface area contributed by atoms with Crippen molar-refractivity contribution >= 4 is 5.97 Å². The van der Waals surface area contributed by atoms with Gasteiger partial charge in [0.25, 0.3) is 0 Å². The fraction of sp³-hybridized carbons (Fsp3) is 0.588. The molecule has 106 valence electrons. The Morgan fingerprint density at radius 2 is 1.47 bits per heavy atom. The highest BCUT2D eigenvalue weighted by Gasteiger charge is 2.34. The molecule has 19 heavy (non-hydrogen) atoms. The predicted molar refractivity (Wildman–Crippen MR) is 79.0 cm³/mol. The van der Waals surface area contributed by atoms with Crippen LogP contribution >= 0.6 is 0 Å². The van der Waals surface area contributed by atoms with Gasteiger partial charge in [0.2, 0.25) is 0 Å². The summed E-state index contributed by atoms with van der Waals surface area (Å²) in [4.78, 5) is 12.5. The molecule has 2 nitrogen and oxygen atoms in total. The number of hydrogen-bond donors (Lipinski definition) is 0. The average molecular weight is 262 g/mol. The minimum Gasteiger partial charge on any atom is -0.461 e. The Balaban J connectivity index is 2.88. The van der Waals surface area contributed by atoms with Crippen molar-refractivity contribution in [3.8, 4) is 0 Å². The summed E-state index contributed by atoms with van der Waals surface area (Å²) >= 11 is 0. The number of esters is 1. The van der Waals surface area contributed by atoms with Crippen molar-refractivity contribution in [3.05, 3.63) is 35.9 Å². The molecular weight excluding hydrogens is 236 g/mol. The predicted octanol–water partition coefficient (Wildman–Crippen LogP) is 4.19. The zero-order valence-electron chi connectivity index (χ0n) is 12.9. The summed E-state index contributed by atoms with van der Waals surface area (Å²) in [7, 11) is 0. The van der Waals surface area contributed by atoms with Gasteiger partial charge in [-0.15, -0.1) is 0 Å². The Bertz CT molecular complexity index is 397. The fourth-order valence-electron chi connectivity index (χ4n) is 2.29. The van der Waals surface area contributed by atoms with E-state index in [2.05, 4.69) is 27.7 Å². The summed E-state index contributed by atoms with van der Waals surface area (Å²) in [6.45, 7) is 12.2. The molecule has 0 aliphatic rings. The highest BCUT2D eigenvalue weighted by Crippen LogP contribution is 2.27. The van der Waals surface area contributed by atoms with Crippen LogP contribution in [0.1, 0.15) is 47.1 Å². The van der Waals surface area contributed by atoms with Crippen LogP contribution in [0.3, 0.4) is 0 Å². The second-order valence-electron chi connectivity index (χ2n) is 6.35. The van der Waals surface area contributed by atoms with Gasteiger partial charge in [-0.1, -0.05) is 58.0 Å². The summed E-state index contributed by atoms with van der Waals surface area (Å²) < 4.78 is 5.75. The van der Waals surface area contributed by atoms with E-state index in [1.54, 1.807) is 0 Å². The van der Waals surface area contributed by atoms with Gasteiger partial charge in [0, 0.05) is 0 Å². The zero-order chi connectivity index (χ0) is 14.6. The maximum absolute atomic E-state index is 12.5. The third-order valence-corrected chi connectivity index (χ3v) is 3.56. The third kappa shape index (κ3) is 3.82. The van der Waals surface area contributed by atoms with Crippen LogP contribution in [-0.2, 0) is 14.9 Å². The van der Waals surface area contributed by atoms with Crippen molar-refractivity contribution in [1.29, 1.82) is 0 Å². The molecule has 0 amide bonds. The molecule has 0 atom stereocenters. The number of carbonyl (C=O) groups is 1. The molecule has 0 saturated carbocycles. The van der Waals surface area contributed by atoms with E-state index in [1.807, 2.05) is 44.2 Å². The minimum absolute atomic E-state index is 0.0320. The van der Waals surface area contributed by atoms with Gasteiger partial charge >= 0.3 is 5.97 Å². The highest BCUT2D eigenvalue weighted by molar-refractivity contribution is 5.82. The number of hydrogen-bond acceptors (Lipinski definition) is 2. The first-order valence-corrected chi connectivity index (χ1v) is 7.03. The molecule has 2 heteroatoms. The van der Waals surface area contributed by atoms with Gasteiger partial charge in [-0.3, -0.25) is 4.79 Å². The van der Waals surface area contributed by atoms with Gasteiger partial charge in [0.15, 0.2) is 0 Å². The van der Waals surface area contributed by atoms with Crippen molar-refractivity contribution in [1.82, 2.24) is 0 Å². The fourth-order valence-corrected chi connectivity index (χ4v) is 2.29. The summed E-state index contributed by atoms with van der Waals surface area (Å²) in [5.74, 6) is 0.511. The summed E-state index contributed by atoms with van der Waals surface area (Å²) in [6.07, 6.45) is -0.0320. The Hall–Kier alpha value is -1.31. The van der Waals surface area contributed by atoms with Gasteiger partial charge in [-0.2, -0.15) is 0 Å². The first kappa shape index (κ1) is 15.7. The van der Waals surface area contributed by atoms with E-state index in [-0.39, 0.29) is 12.1 Å². The molecule has 0 N–H and O–H groups in total. The number of rotatable bonds is 5. The van der Waals surface area contributed by atoms with Gasteiger partial charge < -0.3 is 4.74 Å². The lowest BCUT2D eigenvalue weighted by molar-refractivity contribution is -0.160. The summed E-state index contributed by atoms with van der Waals surface area (Å²) in [5.41, 5.74) is 0.384. The topological polar surface area (TPSA) is 26.3 Å². The molecule has 0 unspecified atom stereocenters. The van der Waals surface area contributed by atoms with E-state index in [1.165, 1.54) is 0 Å². The molecule has 0 saturated heterocycles. The van der Waals surface area contributed by atoms with Crippen molar-refractivity contribution < 1.29 is 9.53 Å². The lowest BCUT2D eigenvalue weighted by atomic mass is 9.84. The molecular formula is C17H26O2. The highest BCUT2D eigenvalue weighted by atomic mass is 16.5. The lowest BCUT2D eigenvalue weighted by Gasteiger charge is -2.30. The van der Waals surface area contributed by atoms with E-state index in [0.29, 0.717) is 11.8 Å². The second kappa shape index (κ2) is 6.23. The second-order valence-corrected chi connectivity index (χ2v) is 6.35. The van der Waals surface area contributed by atoms with Crippen molar-refractivity contribution in [2.24, 2.45) is 11.8 Å². The Morgan fingerprint density at radius 1 is 1.00 bits per heavy atom. The quantitative estimate of drug-likeness (QED) is 0.744. The van der Waals surface area contributed by atoms with Crippen LogP contribution in [0.25, 0.3) is 0 Å². The van der Waals surface area contributed by atoms with Crippen molar-refractivity contribution in [2.75, 3.05) is 0 Å². The van der Waals surface area contributed by atoms with Crippen LogP contribution < -0.4 is 0 Å². The molecule has 0 aliphatic carbocycles. The van der Waals surface area contributed by atoms with Gasteiger partial charge in [-0.25, -0.2) is 0 Å². The Morgan fingerprint density at radius 3 is 1.89 bits per heavy atom. The first-order chi connectivity index (χ1) is 8.76. The van der Waals surface area contributed by atoms with Crippen LogP contribution in [0.2, 0.25) is 0 Å². The molecule has 1 aromatic rings. The molecule has 0 fully saturated rings. The van der Waals surface area contributed by atoms with Crippen molar-refractivity contribution in [2.45, 2.75) is 53.1 Å². The maximum Gasteiger partial charge on any atom is 0.316 e. The van der Waals surface area contributed by atoms with Crippen LogP contribution in [0.5, 0.6) is 0 Å². The number of benzene rings is 1. The van der Waals surface area contributed by atoms with Gasteiger partial charge in [0.05, 0.1) is 5.41 Å². The molecule has 0 aromatic heterocycles. The van der Waals surface area contributed by atoms with Crippen LogP contribution in [-0.4, -0.2) is 12.1 Å². The third-order valence-electron chi connectivity index (χ3n) is 3.56. The maximum atomic E-state index is 12.5. The zero-order valence-corrected chi connectivity index (χ0v) is 12.9. The number of ether oxygens (including phenoxy) is 1. The van der Waals surface area contributed by atoms with E-state index in [0.717, 1.165) is 5.56 Å². The molecule has 0 bridgehead atoms. The van der Waals surface area contributed by atoms with Crippen LogP contribution in [0.4, 0.5) is 0 Å². The monoisotopic (exact) mass is 262 g/mol. The Kier molecular flexibility index (Phi) is 5.16. The normalized spacial score (nSPS) is 12.3. The Labute approximate surface area is 117 Å². The number of carbonyl (C=O) groups excluding carboxylic acids is 1. The van der Waals surface area contributed by atoms with Crippen LogP contribution in [0.15, 0.2) is 30.3 Å². The molecule has 0 heterocycles. The van der Waals surface area contributed by atoms with Gasteiger partial charge in [-0.05, 0) is 31.2 Å². The SMILES string of the molecule is CC(C)C(OC(=O)C(C)(C)c1ccccc1)C(C)C. The molecule has 0 aliphatic heterocycles. The molecule has 1 aromatic carbocycles. The minimum atomic E-state index is -0.608. The lowest BCUT2D eigenvalue weighted by Crippen LogP contribution is -2.37. The van der Waals surface area contributed by atoms with Gasteiger partial charge in [0.1, 0.15) is 6.10 Å². The van der Waals surface area contributed by atoms with Crippen molar-refractivity contribution in [3.63, 3.8) is 0 Å². The van der Waals surface area contributed by atoms with E-state index in [4.69, 9.17) is 4.74 Å². The molecule has 1 rings (SSSR count). The largest absolute Gasteiger partial charge is 0.461 e. The molecule has 0 radical (unpaired) electrons. The van der Waals surface area contributed by atoms with E-state index >= 15 is 0 Å². The average Bonchev–Trinajstić information content (AvgIpc) is 2.35. The van der Waals surface area contributed by atoms with E-state index in [9.17, 15) is 4.79 Å². The van der Waals surface area contributed by atoms with E-state index < -0.39 is 5.41 Å². The summed E-state index contributed by atoms with van der Waals surface area (Å²) in [5, 5.41) is 0. The smallest absolute Gasteiger partial charge is 0.316 e. The standard InChI is InChI=1S/C17H26O2/c1-12(2)15(13(3)4)19-16(18)17(5,6)14-10-8-7-9-11-14/h7-13,15H,1-6H3. The molecule has 0 spiro atoms. The summed E-state index contributed by atoms with van der Waals surface area (Å²) in [6, 6.07) is 9.80. The first-order valence-electron chi connectivity index (χ1n) is 7.03. The van der Waals surface area contributed by atoms with Crippen LogP contribution in [0, 0.1) is 11.8 Å².